The van der Waals surface area contributed by atoms with Crippen molar-refractivity contribution in [2.24, 2.45) is 0 Å². The molecule has 82 valence electrons. The first kappa shape index (κ1) is 12.5. The fourth-order valence-electron chi connectivity index (χ4n) is 1.27. The van der Waals surface area contributed by atoms with E-state index in [1.165, 1.54) is 7.11 Å². The van der Waals surface area contributed by atoms with Crippen LogP contribution in [-0.2, 0) is 11.2 Å². The molecule has 0 aliphatic rings. The highest BCUT2D eigenvalue weighted by atomic mass is 79.9. The van der Waals surface area contributed by atoms with Gasteiger partial charge < -0.3 is 4.74 Å². The molecule has 15 heavy (non-hydrogen) atoms. The number of methoxy groups -OCH3 is 1. The van der Waals surface area contributed by atoms with Gasteiger partial charge in [0, 0.05) is 10.4 Å². The van der Waals surface area contributed by atoms with Crippen LogP contribution < -0.4 is 0 Å². The maximum absolute atomic E-state index is 11.3. The molecule has 0 aliphatic carbocycles. The number of alkyl halides is 1. The van der Waals surface area contributed by atoms with E-state index in [4.69, 9.17) is 11.6 Å². The van der Waals surface area contributed by atoms with Gasteiger partial charge in [0.25, 0.3) is 0 Å². The summed E-state index contributed by atoms with van der Waals surface area (Å²) in [6.45, 7) is 0. The molecule has 0 aliphatic heterocycles. The summed E-state index contributed by atoms with van der Waals surface area (Å²) in [5.41, 5.74) is 1.53. The molecular formula is C11H12BrClO2. The fourth-order valence-corrected chi connectivity index (χ4v) is 1.76. The molecule has 0 saturated carbocycles. The number of halogens is 2. The minimum Gasteiger partial charge on any atom is -0.465 e. The van der Waals surface area contributed by atoms with Gasteiger partial charge in [0.1, 0.15) is 0 Å². The first-order chi connectivity index (χ1) is 7.19. The Morgan fingerprint density at radius 2 is 2.27 bits per heavy atom. The van der Waals surface area contributed by atoms with Crippen molar-refractivity contribution in [3.05, 3.63) is 34.3 Å². The van der Waals surface area contributed by atoms with Gasteiger partial charge in [-0.25, -0.2) is 4.79 Å². The Morgan fingerprint density at radius 1 is 1.53 bits per heavy atom. The van der Waals surface area contributed by atoms with Crippen LogP contribution in [0.4, 0.5) is 0 Å². The second-order valence-electron chi connectivity index (χ2n) is 3.09. The second kappa shape index (κ2) is 6.13. The molecule has 0 heterocycles. The van der Waals surface area contributed by atoms with Crippen molar-refractivity contribution in [3.8, 4) is 0 Å². The van der Waals surface area contributed by atoms with Crippen molar-refractivity contribution >= 4 is 33.5 Å². The first-order valence-corrected chi connectivity index (χ1v) is 6.11. The van der Waals surface area contributed by atoms with Crippen LogP contribution in [0.1, 0.15) is 22.3 Å². The number of rotatable bonds is 4. The summed E-state index contributed by atoms with van der Waals surface area (Å²) < 4.78 is 4.64. The van der Waals surface area contributed by atoms with Crippen molar-refractivity contribution in [2.75, 3.05) is 12.4 Å². The summed E-state index contributed by atoms with van der Waals surface area (Å²) >= 11 is 9.37. The maximum atomic E-state index is 11.3. The molecule has 0 unspecified atom stereocenters. The average Bonchev–Trinajstić information content (AvgIpc) is 2.27. The van der Waals surface area contributed by atoms with E-state index in [1.807, 2.05) is 0 Å². The quantitative estimate of drug-likeness (QED) is 0.627. The van der Waals surface area contributed by atoms with Crippen molar-refractivity contribution in [3.63, 3.8) is 0 Å². The molecule has 0 spiro atoms. The number of hydrogen-bond acceptors (Lipinski definition) is 2. The van der Waals surface area contributed by atoms with Crippen molar-refractivity contribution in [2.45, 2.75) is 12.8 Å². The Kier molecular flexibility index (Phi) is 5.12. The van der Waals surface area contributed by atoms with Gasteiger partial charge in [-0.15, -0.1) is 0 Å². The van der Waals surface area contributed by atoms with Crippen LogP contribution in [0.5, 0.6) is 0 Å². The van der Waals surface area contributed by atoms with E-state index in [-0.39, 0.29) is 5.97 Å². The third kappa shape index (κ3) is 3.50. The molecule has 0 aromatic heterocycles. The van der Waals surface area contributed by atoms with Crippen molar-refractivity contribution < 1.29 is 9.53 Å². The highest BCUT2D eigenvalue weighted by Crippen LogP contribution is 2.20. The average molecular weight is 292 g/mol. The largest absolute Gasteiger partial charge is 0.465 e. The summed E-state index contributed by atoms with van der Waals surface area (Å²) in [6.07, 6.45) is 1.85. The summed E-state index contributed by atoms with van der Waals surface area (Å²) in [5.74, 6) is -0.327. The molecule has 0 bridgehead atoms. The van der Waals surface area contributed by atoms with Gasteiger partial charge in [-0.05, 0) is 36.6 Å². The maximum Gasteiger partial charge on any atom is 0.337 e. The first-order valence-electron chi connectivity index (χ1n) is 4.61. The van der Waals surface area contributed by atoms with Gasteiger partial charge in [-0.2, -0.15) is 0 Å². The highest BCUT2D eigenvalue weighted by molar-refractivity contribution is 9.09. The van der Waals surface area contributed by atoms with Crippen LogP contribution in [-0.4, -0.2) is 18.4 Å². The summed E-state index contributed by atoms with van der Waals surface area (Å²) in [7, 11) is 1.37. The Hall–Kier alpha value is -0.540. The normalized spacial score (nSPS) is 10.1. The van der Waals surface area contributed by atoms with Crippen LogP contribution in [0.25, 0.3) is 0 Å². The summed E-state index contributed by atoms with van der Waals surface area (Å²) in [4.78, 5) is 11.3. The molecule has 0 fully saturated rings. The van der Waals surface area contributed by atoms with E-state index in [0.717, 1.165) is 23.7 Å². The van der Waals surface area contributed by atoms with Gasteiger partial charge in [-0.1, -0.05) is 27.5 Å². The predicted octanol–water partition coefficient (Wildman–Crippen LogP) is 3.45. The molecule has 2 nitrogen and oxygen atoms in total. The third-order valence-corrected chi connectivity index (χ3v) is 2.98. The van der Waals surface area contributed by atoms with E-state index in [0.29, 0.717) is 10.6 Å². The zero-order valence-electron chi connectivity index (χ0n) is 8.43. The number of hydrogen-bond donors (Lipinski definition) is 0. The Bertz CT molecular complexity index is 352. The monoisotopic (exact) mass is 290 g/mol. The summed E-state index contributed by atoms with van der Waals surface area (Å²) in [5, 5.41) is 1.62. The smallest absolute Gasteiger partial charge is 0.337 e. The van der Waals surface area contributed by atoms with Gasteiger partial charge >= 0.3 is 5.97 Å². The van der Waals surface area contributed by atoms with Gasteiger partial charge in [0.2, 0.25) is 0 Å². The van der Waals surface area contributed by atoms with Crippen LogP contribution in [0.2, 0.25) is 5.02 Å². The van der Waals surface area contributed by atoms with Crippen molar-refractivity contribution in [1.29, 1.82) is 0 Å². The lowest BCUT2D eigenvalue weighted by atomic mass is 10.1. The zero-order valence-corrected chi connectivity index (χ0v) is 10.8. The van der Waals surface area contributed by atoms with Gasteiger partial charge in [0.15, 0.2) is 0 Å². The Morgan fingerprint density at radius 3 is 2.87 bits per heavy atom. The molecular weight excluding hydrogens is 279 g/mol. The minimum absolute atomic E-state index is 0.327. The second-order valence-corrected chi connectivity index (χ2v) is 4.29. The summed E-state index contributed by atoms with van der Waals surface area (Å²) in [6, 6.07) is 5.19. The minimum atomic E-state index is -0.327. The number of aryl methyl sites for hydroxylation is 1. The zero-order chi connectivity index (χ0) is 11.3. The molecule has 1 aromatic rings. The lowest BCUT2D eigenvalue weighted by Crippen LogP contribution is -2.02. The van der Waals surface area contributed by atoms with E-state index in [9.17, 15) is 4.79 Å². The Labute approximate surface area is 103 Å². The van der Waals surface area contributed by atoms with Gasteiger partial charge in [-0.3, -0.25) is 0 Å². The molecule has 0 saturated heterocycles. The van der Waals surface area contributed by atoms with E-state index in [2.05, 4.69) is 20.7 Å². The number of ether oxygens (including phenoxy) is 1. The number of benzene rings is 1. The predicted molar refractivity (Wildman–Crippen MR) is 64.9 cm³/mol. The topological polar surface area (TPSA) is 26.3 Å². The van der Waals surface area contributed by atoms with E-state index >= 15 is 0 Å². The van der Waals surface area contributed by atoms with Crippen LogP contribution in [0.15, 0.2) is 18.2 Å². The SMILES string of the molecule is COC(=O)c1ccc(Cl)c(CCCBr)c1. The highest BCUT2D eigenvalue weighted by Gasteiger charge is 2.08. The third-order valence-electron chi connectivity index (χ3n) is 2.05. The number of carbonyl (C=O) groups is 1. The standard InChI is InChI=1S/C11H12BrClO2/c1-15-11(14)9-4-5-10(13)8(7-9)3-2-6-12/h4-5,7H,2-3,6H2,1H3. The molecule has 1 aromatic carbocycles. The number of esters is 1. The molecule has 4 heteroatoms. The van der Waals surface area contributed by atoms with Crippen LogP contribution in [0, 0.1) is 0 Å². The molecule has 0 radical (unpaired) electrons. The van der Waals surface area contributed by atoms with E-state index < -0.39 is 0 Å². The molecule has 0 N–H and O–H groups in total. The van der Waals surface area contributed by atoms with Crippen LogP contribution in [0.3, 0.4) is 0 Å². The fraction of sp³-hybridized carbons (Fsp3) is 0.364. The molecule has 0 amide bonds. The molecule has 1 rings (SSSR count). The van der Waals surface area contributed by atoms with Crippen molar-refractivity contribution in [1.82, 2.24) is 0 Å². The van der Waals surface area contributed by atoms with E-state index in [1.54, 1.807) is 18.2 Å². The lowest BCUT2D eigenvalue weighted by Gasteiger charge is -2.05. The van der Waals surface area contributed by atoms with Gasteiger partial charge in [0.05, 0.1) is 12.7 Å². The lowest BCUT2D eigenvalue weighted by molar-refractivity contribution is 0.0600. The van der Waals surface area contributed by atoms with Crippen LogP contribution >= 0.6 is 27.5 Å². The number of carbonyl (C=O) groups excluding carboxylic acids is 1. The molecule has 0 atom stereocenters. The Balaban J connectivity index is 2.89.